The average molecular weight is 361 g/mol. The lowest BCUT2D eigenvalue weighted by Gasteiger charge is -2.16. The van der Waals surface area contributed by atoms with Gasteiger partial charge in [0, 0.05) is 5.02 Å². The van der Waals surface area contributed by atoms with E-state index in [1.165, 1.54) is 41.6 Å². The number of nitrogens with zero attached hydrogens (tertiary/aromatic N) is 3. The molecule has 3 rings (SSSR count). The second-order valence-corrected chi connectivity index (χ2v) is 5.64. The Labute approximate surface area is 148 Å². The van der Waals surface area contributed by atoms with E-state index in [0.717, 1.165) is 0 Å². The van der Waals surface area contributed by atoms with Crippen molar-refractivity contribution in [3.8, 4) is 11.4 Å². The number of halogens is 2. The molecule has 2 aromatic carbocycles. The Morgan fingerprint density at radius 3 is 2.72 bits per heavy atom. The molecule has 0 radical (unpaired) electrons. The highest BCUT2D eigenvalue weighted by molar-refractivity contribution is 6.31. The number of ether oxygens (including phenoxy) is 1. The van der Waals surface area contributed by atoms with E-state index in [2.05, 4.69) is 15.4 Å². The summed E-state index contributed by atoms with van der Waals surface area (Å²) in [5.74, 6) is -0.361. The van der Waals surface area contributed by atoms with Crippen molar-refractivity contribution >= 4 is 23.2 Å². The predicted octanol–water partition coefficient (Wildman–Crippen LogP) is 3.47. The van der Waals surface area contributed by atoms with Crippen molar-refractivity contribution in [2.45, 2.75) is 13.0 Å². The second-order valence-electron chi connectivity index (χ2n) is 5.20. The zero-order valence-corrected chi connectivity index (χ0v) is 13.9. The van der Waals surface area contributed by atoms with Crippen LogP contribution in [-0.2, 0) is 4.79 Å². The first kappa shape index (κ1) is 16.9. The summed E-state index contributed by atoms with van der Waals surface area (Å²) in [7, 11) is 0. The minimum Gasteiger partial charge on any atom is -0.481 e. The highest BCUT2D eigenvalue weighted by atomic mass is 35.5. The summed E-state index contributed by atoms with van der Waals surface area (Å²) in [6.45, 7) is 1.60. The lowest BCUT2D eigenvalue weighted by atomic mass is 10.2. The standard InChI is InChI=1S/C17H14ClFN4O2/c1-11(25-14-5-3-13(19)4-6-14)17(24)22-15-8-12(18)2-7-16(15)23-10-20-9-21-23/h2-11H,1H3,(H,22,24)/t11-/m0/s1. The van der Waals surface area contributed by atoms with Gasteiger partial charge in [0.05, 0.1) is 11.4 Å². The number of amides is 1. The van der Waals surface area contributed by atoms with E-state index in [4.69, 9.17) is 16.3 Å². The van der Waals surface area contributed by atoms with Gasteiger partial charge in [-0.25, -0.2) is 14.1 Å². The highest BCUT2D eigenvalue weighted by Crippen LogP contribution is 2.24. The largest absolute Gasteiger partial charge is 0.481 e. The van der Waals surface area contributed by atoms with Crippen LogP contribution in [0.25, 0.3) is 5.69 Å². The van der Waals surface area contributed by atoms with Crippen LogP contribution < -0.4 is 10.1 Å². The van der Waals surface area contributed by atoms with Gasteiger partial charge in [0.15, 0.2) is 6.10 Å². The monoisotopic (exact) mass is 360 g/mol. The third-order valence-electron chi connectivity index (χ3n) is 3.38. The van der Waals surface area contributed by atoms with Crippen LogP contribution in [0.15, 0.2) is 55.1 Å². The van der Waals surface area contributed by atoms with Crippen molar-refractivity contribution in [1.29, 1.82) is 0 Å². The molecule has 1 heterocycles. The zero-order valence-electron chi connectivity index (χ0n) is 13.2. The maximum Gasteiger partial charge on any atom is 0.265 e. The van der Waals surface area contributed by atoms with Gasteiger partial charge in [0.2, 0.25) is 0 Å². The molecular formula is C17H14ClFN4O2. The number of carbonyl (C=O) groups excluding carboxylic acids is 1. The molecule has 0 spiro atoms. The van der Waals surface area contributed by atoms with Gasteiger partial charge in [-0.2, -0.15) is 5.10 Å². The first-order valence-corrected chi connectivity index (χ1v) is 7.78. The van der Waals surface area contributed by atoms with Crippen LogP contribution in [0.5, 0.6) is 5.75 Å². The van der Waals surface area contributed by atoms with Gasteiger partial charge in [0.1, 0.15) is 24.2 Å². The molecule has 0 unspecified atom stereocenters. The number of benzene rings is 2. The van der Waals surface area contributed by atoms with Gasteiger partial charge in [-0.1, -0.05) is 11.6 Å². The summed E-state index contributed by atoms with van der Waals surface area (Å²) >= 11 is 6.02. The molecule has 3 aromatic rings. The van der Waals surface area contributed by atoms with Gasteiger partial charge < -0.3 is 10.1 Å². The Balaban J connectivity index is 1.76. The molecule has 0 fully saturated rings. The molecule has 25 heavy (non-hydrogen) atoms. The number of anilines is 1. The van der Waals surface area contributed by atoms with Crippen LogP contribution in [0, 0.1) is 5.82 Å². The summed E-state index contributed by atoms with van der Waals surface area (Å²) in [5, 5.41) is 7.27. The minimum atomic E-state index is -0.798. The van der Waals surface area contributed by atoms with E-state index in [9.17, 15) is 9.18 Å². The molecule has 1 N–H and O–H groups in total. The Hall–Kier alpha value is -2.93. The Kier molecular flexibility index (Phi) is 4.95. The fourth-order valence-corrected chi connectivity index (χ4v) is 2.32. The number of nitrogens with one attached hydrogen (secondary N) is 1. The van der Waals surface area contributed by atoms with Crippen molar-refractivity contribution < 1.29 is 13.9 Å². The van der Waals surface area contributed by atoms with Gasteiger partial charge >= 0.3 is 0 Å². The molecule has 1 amide bonds. The van der Waals surface area contributed by atoms with Crippen molar-refractivity contribution in [2.24, 2.45) is 0 Å². The highest BCUT2D eigenvalue weighted by Gasteiger charge is 2.17. The lowest BCUT2D eigenvalue weighted by molar-refractivity contribution is -0.122. The number of hydrogen-bond acceptors (Lipinski definition) is 4. The molecule has 1 aromatic heterocycles. The van der Waals surface area contributed by atoms with E-state index in [1.807, 2.05) is 0 Å². The fourth-order valence-electron chi connectivity index (χ4n) is 2.15. The van der Waals surface area contributed by atoms with Gasteiger partial charge in [-0.05, 0) is 49.4 Å². The normalized spacial score (nSPS) is 11.8. The number of hydrogen-bond donors (Lipinski definition) is 1. The molecule has 0 bridgehead atoms. The van der Waals surface area contributed by atoms with Crippen molar-refractivity contribution in [3.05, 3.63) is 66.0 Å². The topological polar surface area (TPSA) is 69.0 Å². The number of rotatable bonds is 5. The average Bonchev–Trinajstić information content (AvgIpc) is 3.11. The van der Waals surface area contributed by atoms with E-state index in [-0.39, 0.29) is 11.7 Å². The summed E-state index contributed by atoms with van der Waals surface area (Å²) < 4.78 is 20.0. The van der Waals surface area contributed by atoms with Crippen LogP contribution in [0.3, 0.4) is 0 Å². The third-order valence-corrected chi connectivity index (χ3v) is 3.61. The lowest BCUT2D eigenvalue weighted by Crippen LogP contribution is -2.30. The smallest absolute Gasteiger partial charge is 0.265 e. The molecule has 1 atom stereocenters. The zero-order chi connectivity index (χ0) is 17.8. The predicted molar refractivity (Wildman–Crippen MR) is 91.5 cm³/mol. The van der Waals surface area contributed by atoms with Crippen molar-refractivity contribution in [2.75, 3.05) is 5.32 Å². The molecule has 0 aliphatic rings. The first-order chi connectivity index (χ1) is 12.0. The van der Waals surface area contributed by atoms with Crippen molar-refractivity contribution in [1.82, 2.24) is 14.8 Å². The van der Waals surface area contributed by atoms with E-state index in [0.29, 0.717) is 22.1 Å². The van der Waals surface area contributed by atoms with Crippen molar-refractivity contribution in [3.63, 3.8) is 0 Å². The molecular weight excluding hydrogens is 347 g/mol. The summed E-state index contributed by atoms with van der Waals surface area (Å²) in [5.41, 5.74) is 1.08. The SMILES string of the molecule is C[C@H](Oc1ccc(F)cc1)C(=O)Nc1cc(Cl)ccc1-n1cncn1. The molecule has 128 valence electrons. The maximum atomic E-state index is 12.9. The van der Waals surface area contributed by atoms with E-state index < -0.39 is 6.10 Å². The van der Waals surface area contributed by atoms with Crippen LogP contribution in [0.2, 0.25) is 5.02 Å². The molecule has 0 saturated heterocycles. The molecule has 0 saturated carbocycles. The molecule has 0 aliphatic heterocycles. The first-order valence-electron chi connectivity index (χ1n) is 7.40. The van der Waals surface area contributed by atoms with Gasteiger partial charge in [-0.15, -0.1) is 0 Å². The van der Waals surface area contributed by atoms with E-state index >= 15 is 0 Å². The number of aromatic nitrogens is 3. The van der Waals surface area contributed by atoms with E-state index in [1.54, 1.807) is 25.1 Å². The summed E-state index contributed by atoms with van der Waals surface area (Å²) in [6.07, 6.45) is 2.10. The summed E-state index contributed by atoms with van der Waals surface area (Å²) in [6, 6.07) is 10.5. The maximum absolute atomic E-state index is 12.9. The third kappa shape index (κ3) is 4.13. The Bertz CT molecular complexity index is 869. The fraction of sp³-hybridized carbons (Fsp3) is 0.118. The van der Waals surface area contributed by atoms with Gasteiger partial charge in [0.25, 0.3) is 5.91 Å². The molecule has 6 nitrogen and oxygen atoms in total. The Morgan fingerprint density at radius 2 is 2.04 bits per heavy atom. The molecule has 0 aliphatic carbocycles. The number of carbonyl (C=O) groups is 1. The van der Waals surface area contributed by atoms with Crippen LogP contribution in [-0.4, -0.2) is 26.8 Å². The second kappa shape index (κ2) is 7.31. The van der Waals surface area contributed by atoms with Crippen LogP contribution in [0.4, 0.5) is 10.1 Å². The van der Waals surface area contributed by atoms with Gasteiger partial charge in [-0.3, -0.25) is 4.79 Å². The minimum absolute atomic E-state index is 0.374. The van der Waals surface area contributed by atoms with Crippen LogP contribution in [0.1, 0.15) is 6.92 Å². The quantitative estimate of drug-likeness (QED) is 0.756. The van der Waals surface area contributed by atoms with Crippen LogP contribution >= 0.6 is 11.6 Å². The Morgan fingerprint density at radius 1 is 1.28 bits per heavy atom. The summed E-state index contributed by atoms with van der Waals surface area (Å²) in [4.78, 5) is 16.3. The molecule has 8 heteroatoms.